The molecule has 0 amide bonds. The Morgan fingerprint density at radius 3 is 2.36 bits per heavy atom. The molecule has 0 unspecified atom stereocenters. The number of rotatable bonds is 1. The molecule has 5 aliphatic rings. The van der Waals surface area contributed by atoms with Gasteiger partial charge in [-0.05, 0) is 80.0 Å². The highest BCUT2D eigenvalue weighted by Gasteiger charge is 2.67. The summed E-state index contributed by atoms with van der Waals surface area (Å²) in [4.78, 5) is 11.5. The van der Waals surface area contributed by atoms with Gasteiger partial charge in [-0.25, -0.2) is 0 Å². The fraction of sp³-hybridized carbons (Fsp3) is 0.958. The van der Waals surface area contributed by atoms with Crippen molar-refractivity contribution in [3.63, 3.8) is 0 Å². The van der Waals surface area contributed by atoms with Crippen LogP contribution in [0.1, 0.15) is 79.1 Å². The minimum absolute atomic E-state index is 0.115. The van der Waals surface area contributed by atoms with Gasteiger partial charge < -0.3 is 14.2 Å². The fourth-order valence-corrected chi connectivity index (χ4v) is 8.93. The van der Waals surface area contributed by atoms with E-state index >= 15 is 0 Å². The molecule has 0 N–H and O–H groups in total. The van der Waals surface area contributed by atoms with Gasteiger partial charge in [0.15, 0.2) is 5.79 Å². The van der Waals surface area contributed by atoms with E-state index in [1.165, 1.54) is 32.1 Å². The standard InChI is InChI=1S/C24H38O4/c1-15-13-18-19(22(3)8-5-17(14-21(15)22)28-16(2)25)6-9-23(4)20(18)7-10-24(23)26-11-12-27-24/h15,17-21H,5-14H2,1-4H3/t15-,17+,18-,19+,20+,21-,22-,23+/m1/s1. The Morgan fingerprint density at radius 2 is 1.64 bits per heavy atom. The molecular weight excluding hydrogens is 352 g/mol. The number of ether oxygens (including phenoxy) is 3. The summed E-state index contributed by atoms with van der Waals surface area (Å²) >= 11 is 0. The first-order chi connectivity index (χ1) is 13.3. The quantitative estimate of drug-likeness (QED) is 0.594. The molecule has 4 saturated carbocycles. The molecule has 0 bridgehead atoms. The van der Waals surface area contributed by atoms with Crippen LogP contribution in [0.3, 0.4) is 0 Å². The summed E-state index contributed by atoms with van der Waals surface area (Å²) in [6.45, 7) is 10.6. The largest absolute Gasteiger partial charge is 0.463 e. The maximum absolute atomic E-state index is 11.5. The van der Waals surface area contributed by atoms with Crippen molar-refractivity contribution in [2.75, 3.05) is 13.2 Å². The number of fused-ring (bicyclic) bond motifs is 6. The molecule has 4 aliphatic carbocycles. The summed E-state index contributed by atoms with van der Waals surface area (Å²) < 4.78 is 18.2. The number of hydrogen-bond acceptors (Lipinski definition) is 4. The van der Waals surface area contributed by atoms with E-state index in [-0.39, 0.29) is 23.3 Å². The number of carbonyl (C=O) groups excluding carboxylic acids is 1. The molecule has 1 saturated heterocycles. The van der Waals surface area contributed by atoms with Gasteiger partial charge in [-0.15, -0.1) is 0 Å². The molecule has 0 aromatic heterocycles. The highest BCUT2D eigenvalue weighted by molar-refractivity contribution is 5.66. The van der Waals surface area contributed by atoms with E-state index < -0.39 is 0 Å². The summed E-state index contributed by atoms with van der Waals surface area (Å²) in [6, 6.07) is 0. The van der Waals surface area contributed by atoms with Crippen molar-refractivity contribution < 1.29 is 19.0 Å². The lowest BCUT2D eigenvalue weighted by molar-refractivity contribution is -0.250. The van der Waals surface area contributed by atoms with E-state index in [0.717, 1.165) is 50.2 Å². The van der Waals surface area contributed by atoms with Crippen LogP contribution in [0.15, 0.2) is 0 Å². The molecule has 4 heteroatoms. The average Bonchev–Trinajstić information content (AvgIpc) is 3.23. The first-order valence-electron chi connectivity index (χ1n) is 11.7. The summed E-state index contributed by atoms with van der Waals surface area (Å²) in [5.41, 5.74) is 0.579. The van der Waals surface area contributed by atoms with Gasteiger partial charge in [-0.1, -0.05) is 20.8 Å². The second-order valence-electron chi connectivity index (χ2n) is 11.2. The van der Waals surface area contributed by atoms with Crippen molar-refractivity contribution in [2.45, 2.75) is 91.0 Å². The van der Waals surface area contributed by atoms with Gasteiger partial charge in [-0.3, -0.25) is 4.79 Å². The van der Waals surface area contributed by atoms with Crippen LogP contribution in [-0.4, -0.2) is 31.1 Å². The lowest BCUT2D eigenvalue weighted by Gasteiger charge is -2.63. The molecule has 158 valence electrons. The zero-order valence-corrected chi connectivity index (χ0v) is 18.2. The van der Waals surface area contributed by atoms with Crippen molar-refractivity contribution in [2.24, 2.45) is 40.4 Å². The molecule has 5 rings (SSSR count). The average molecular weight is 391 g/mol. The Bertz CT molecular complexity index is 641. The Labute approximate surface area is 170 Å². The van der Waals surface area contributed by atoms with Crippen LogP contribution in [0.2, 0.25) is 0 Å². The molecule has 0 aromatic carbocycles. The smallest absolute Gasteiger partial charge is 0.302 e. The molecule has 1 aliphatic heterocycles. The van der Waals surface area contributed by atoms with E-state index in [2.05, 4.69) is 20.8 Å². The fourth-order valence-electron chi connectivity index (χ4n) is 8.93. The number of hydrogen-bond donors (Lipinski definition) is 0. The molecule has 4 nitrogen and oxygen atoms in total. The number of esters is 1. The lowest BCUT2D eigenvalue weighted by Crippen LogP contribution is -2.58. The van der Waals surface area contributed by atoms with Crippen molar-refractivity contribution in [1.82, 2.24) is 0 Å². The predicted molar refractivity (Wildman–Crippen MR) is 106 cm³/mol. The van der Waals surface area contributed by atoms with Gasteiger partial charge >= 0.3 is 5.97 Å². The van der Waals surface area contributed by atoms with Crippen molar-refractivity contribution >= 4 is 5.97 Å². The topological polar surface area (TPSA) is 44.8 Å². The first kappa shape index (κ1) is 19.4. The first-order valence-corrected chi connectivity index (χ1v) is 11.7. The molecule has 28 heavy (non-hydrogen) atoms. The highest BCUT2D eigenvalue weighted by atomic mass is 16.7. The molecule has 8 atom stereocenters. The number of carbonyl (C=O) groups is 1. The van der Waals surface area contributed by atoms with Gasteiger partial charge in [0.1, 0.15) is 6.10 Å². The van der Waals surface area contributed by atoms with Crippen molar-refractivity contribution in [1.29, 1.82) is 0 Å². The lowest BCUT2D eigenvalue weighted by atomic mass is 9.43. The van der Waals surface area contributed by atoms with Crippen LogP contribution in [0.5, 0.6) is 0 Å². The van der Waals surface area contributed by atoms with E-state index in [1.54, 1.807) is 6.92 Å². The molecule has 0 aromatic rings. The molecule has 0 radical (unpaired) electrons. The predicted octanol–water partition coefficient (Wildman–Crippen LogP) is 4.95. The third-order valence-corrected chi connectivity index (χ3v) is 10.1. The molecule has 5 fully saturated rings. The second kappa shape index (κ2) is 6.44. The third-order valence-electron chi connectivity index (χ3n) is 10.1. The van der Waals surface area contributed by atoms with Gasteiger partial charge in [0.25, 0.3) is 0 Å². The Balaban J connectivity index is 1.41. The van der Waals surface area contributed by atoms with Gasteiger partial charge in [0.2, 0.25) is 0 Å². The van der Waals surface area contributed by atoms with Crippen LogP contribution in [0.4, 0.5) is 0 Å². The van der Waals surface area contributed by atoms with Crippen molar-refractivity contribution in [3.8, 4) is 0 Å². The Kier molecular flexibility index (Phi) is 4.45. The maximum atomic E-state index is 11.5. The van der Waals surface area contributed by atoms with Crippen molar-refractivity contribution in [3.05, 3.63) is 0 Å². The summed E-state index contributed by atoms with van der Waals surface area (Å²) in [5, 5.41) is 0. The summed E-state index contributed by atoms with van der Waals surface area (Å²) in [5.74, 6) is 3.32. The second-order valence-corrected chi connectivity index (χ2v) is 11.2. The van der Waals surface area contributed by atoms with Crippen LogP contribution in [0, 0.1) is 40.4 Å². The highest BCUT2D eigenvalue weighted by Crippen LogP contribution is 2.70. The Hall–Kier alpha value is -0.610. The third kappa shape index (κ3) is 2.52. The Morgan fingerprint density at radius 1 is 0.929 bits per heavy atom. The maximum Gasteiger partial charge on any atom is 0.302 e. The van der Waals surface area contributed by atoms with Crippen LogP contribution < -0.4 is 0 Å². The van der Waals surface area contributed by atoms with Crippen LogP contribution in [-0.2, 0) is 19.0 Å². The molecule has 1 spiro atoms. The minimum atomic E-state index is -0.295. The monoisotopic (exact) mass is 390 g/mol. The minimum Gasteiger partial charge on any atom is -0.463 e. The van der Waals surface area contributed by atoms with Crippen LogP contribution >= 0.6 is 0 Å². The zero-order chi connectivity index (χ0) is 19.7. The zero-order valence-electron chi connectivity index (χ0n) is 18.2. The molecular formula is C24H38O4. The SMILES string of the molecule is CC(=O)O[C@H]1CC[C@@]2(C)[C@H](C1)[C@H](C)C[C@@H]1[C@@H]2CC[C@@]2(C)[C@H]1CCC21OCCO1. The van der Waals surface area contributed by atoms with E-state index in [4.69, 9.17) is 14.2 Å². The van der Waals surface area contributed by atoms with Crippen LogP contribution in [0.25, 0.3) is 0 Å². The van der Waals surface area contributed by atoms with Gasteiger partial charge in [-0.2, -0.15) is 0 Å². The van der Waals surface area contributed by atoms with E-state index in [1.807, 2.05) is 0 Å². The van der Waals surface area contributed by atoms with Gasteiger partial charge in [0, 0.05) is 18.8 Å². The van der Waals surface area contributed by atoms with Gasteiger partial charge in [0.05, 0.1) is 13.2 Å². The summed E-state index contributed by atoms with van der Waals surface area (Å²) in [6.07, 6.45) is 9.68. The summed E-state index contributed by atoms with van der Waals surface area (Å²) in [7, 11) is 0. The van der Waals surface area contributed by atoms with E-state index in [9.17, 15) is 4.79 Å². The molecule has 1 heterocycles. The normalized spacial score (nSPS) is 52.0. The van der Waals surface area contributed by atoms with E-state index in [0.29, 0.717) is 17.3 Å².